The first kappa shape index (κ1) is 13.1. The summed E-state index contributed by atoms with van der Waals surface area (Å²) in [5.74, 6) is -0.793. The molecule has 1 fully saturated rings. The van der Waals surface area contributed by atoms with Crippen LogP contribution in [0.4, 0.5) is 0 Å². The van der Waals surface area contributed by atoms with Gasteiger partial charge in [-0.2, -0.15) is 0 Å². The second kappa shape index (κ2) is 5.50. The fourth-order valence-corrected chi connectivity index (χ4v) is 2.44. The van der Waals surface area contributed by atoms with Crippen LogP contribution in [-0.4, -0.2) is 41.7 Å². The van der Waals surface area contributed by atoms with Crippen LogP contribution in [0, 0.1) is 0 Å². The summed E-state index contributed by atoms with van der Waals surface area (Å²) >= 11 is 0. The van der Waals surface area contributed by atoms with Gasteiger partial charge in [0, 0.05) is 13.1 Å². The first-order valence-corrected chi connectivity index (χ1v) is 6.18. The third-order valence-corrected chi connectivity index (χ3v) is 3.37. The molecule has 0 aliphatic carbocycles. The standard InChI is InChI=1S/C14H19NO3/c1-15-8-7-14(11-15,9-13(16)17)18-10-12-5-3-2-4-6-12/h2-6H,7-11H2,1H3,(H,16,17). The molecule has 1 saturated heterocycles. The van der Waals surface area contributed by atoms with Crippen molar-refractivity contribution in [3.05, 3.63) is 35.9 Å². The quantitative estimate of drug-likeness (QED) is 0.863. The molecule has 1 atom stereocenters. The maximum absolute atomic E-state index is 11.0. The monoisotopic (exact) mass is 249 g/mol. The van der Waals surface area contributed by atoms with Crippen molar-refractivity contribution in [1.82, 2.24) is 4.90 Å². The van der Waals surface area contributed by atoms with E-state index in [0.29, 0.717) is 13.2 Å². The van der Waals surface area contributed by atoms with Crippen LogP contribution in [0.3, 0.4) is 0 Å². The molecule has 4 heteroatoms. The van der Waals surface area contributed by atoms with Crippen molar-refractivity contribution in [3.8, 4) is 0 Å². The van der Waals surface area contributed by atoms with E-state index in [9.17, 15) is 4.79 Å². The second-order valence-corrected chi connectivity index (χ2v) is 5.02. The summed E-state index contributed by atoms with van der Waals surface area (Å²) in [6.45, 7) is 2.05. The molecule has 0 saturated carbocycles. The van der Waals surface area contributed by atoms with Crippen molar-refractivity contribution in [3.63, 3.8) is 0 Å². The predicted molar refractivity (Wildman–Crippen MR) is 68.3 cm³/mol. The number of hydrogen-bond donors (Lipinski definition) is 1. The highest BCUT2D eigenvalue weighted by molar-refractivity contribution is 5.68. The Hall–Kier alpha value is -1.39. The highest BCUT2D eigenvalue weighted by Gasteiger charge is 2.39. The zero-order valence-corrected chi connectivity index (χ0v) is 10.6. The summed E-state index contributed by atoms with van der Waals surface area (Å²) in [7, 11) is 2.00. The average Bonchev–Trinajstić information content (AvgIpc) is 2.69. The molecule has 1 aromatic rings. The molecule has 1 aromatic carbocycles. The molecule has 0 spiro atoms. The number of carbonyl (C=O) groups is 1. The molecule has 2 rings (SSSR count). The van der Waals surface area contributed by atoms with E-state index in [1.165, 1.54) is 0 Å². The van der Waals surface area contributed by atoms with Crippen LogP contribution in [0.25, 0.3) is 0 Å². The fourth-order valence-electron chi connectivity index (χ4n) is 2.44. The fraction of sp³-hybridized carbons (Fsp3) is 0.500. The lowest BCUT2D eigenvalue weighted by atomic mass is 9.98. The maximum atomic E-state index is 11.0. The largest absolute Gasteiger partial charge is 0.481 e. The minimum absolute atomic E-state index is 0.0736. The molecule has 1 N–H and O–H groups in total. The zero-order valence-electron chi connectivity index (χ0n) is 10.6. The molecule has 98 valence electrons. The normalized spacial score (nSPS) is 24.3. The van der Waals surface area contributed by atoms with Gasteiger partial charge in [-0.1, -0.05) is 30.3 Å². The second-order valence-electron chi connectivity index (χ2n) is 5.02. The van der Waals surface area contributed by atoms with Gasteiger partial charge in [0.25, 0.3) is 0 Å². The minimum atomic E-state index is -0.793. The van der Waals surface area contributed by atoms with Crippen LogP contribution < -0.4 is 0 Å². The molecule has 18 heavy (non-hydrogen) atoms. The van der Waals surface area contributed by atoms with E-state index in [2.05, 4.69) is 4.90 Å². The third kappa shape index (κ3) is 3.31. The van der Waals surface area contributed by atoms with E-state index in [1.54, 1.807) is 0 Å². The molecule has 0 amide bonds. The number of hydrogen-bond acceptors (Lipinski definition) is 3. The average molecular weight is 249 g/mol. The Morgan fingerprint density at radius 1 is 1.44 bits per heavy atom. The molecule has 0 radical (unpaired) electrons. The summed E-state index contributed by atoms with van der Waals surface area (Å²) in [5.41, 5.74) is 0.549. The van der Waals surface area contributed by atoms with E-state index in [1.807, 2.05) is 37.4 Å². The molecular weight excluding hydrogens is 230 g/mol. The summed E-state index contributed by atoms with van der Waals surface area (Å²) in [6.07, 6.45) is 0.854. The molecular formula is C14H19NO3. The third-order valence-electron chi connectivity index (χ3n) is 3.37. The van der Waals surface area contributed by atoms with Crippen molar-refractivity contribution < 1.29 is 14.6 Å². The van der Waals surface area contributed by atoms with Gasteiger partial charge in [-0.25, -0.2) is 0 Å². The Morgan fingerprint density at radius 2 is 2.17 bits per heavy atom. The lowest BCUT2D eigenvalue weighted by Crippen LogP contribution is -2.37. The first-order chi connectivity index (χ1) is 8.60. The smallest absolute Gasteiger partial charge is 0.306 e. The molecule has 0 bridgehead atoms. The van der Waals surface area contributed by atoms with E-state index < -0.39 is 11.6 Å². The van der Waals surface area contributed by atoms with E-state index in [-0.39, 0.29) is 6.42 Å². The van der Waals surface area contributed by atoms with E-state index >= 15 is 0 Å². The number of likely N-dealkylation sites (N-methyl/N-ethyl adjacent to an activating group) is 1. The van der Waals surface area contributed by atoms with Gasteiger partial charge in [0.1, 0.15) is 0 Å². The molecule has 1 heterocycles. The Morgan fingerprint density at radius 3 is 2.72 bits per heavy atom. The molecule has 4 nitrogen and oxygen atoms in total. The predicted octanol–water partition coefficient (Wildman–Crippen LogP) is 1.75. The van der Waals surface area contributed by atoms with Gasteiger partial charge in [0.2, 0.25) is 0 Å². The van der Waals surface area contributed by atoms with Crippen molar-refractivity contribution in [2.24, 2.45) is 0 Å². The summed E-state index contributed by atoms with van der Waals surface area (Å²) in [5, 5.41) is 9.02. The lowest BCUT2D eigenvalue weighted by molar-refractivity contribution is -0.146. The highest BCUT2D eigenvalue weighted by Crippen LogP contribution is 2.29. The van der Waals surface area contributed by atoms with E-state index in [4.69, 9.17) is 9.84 Å². The first-order valence-electron chi connectivity index (χ1n) is 6.18. The van der Waals surface area contributed by atoms with Gasteiger partial charge in [0.05, 0.1) is 18.6 Å². The zero-order chi connectivity index (χ0) is 13.0. The van der Waals surface area contributed by atoms with Crippen LogP contribution in [0.2, 0.25) is 0 Å². The molecule has 1 unspecified atom stereocenters. The summed E-state index contributed by atoms with van der Waals surface area (Å²) < 4.78 is 5.94. The Balaban J connectivity index is 2.00. The number of nitrogens with zero attached hydrogens (tertiary/aromatic N) is 1. The minimum Gasteiger partial charge on any atom is -0.481 e. The maximum Gasteiger partial charge on any atom is 0.306 e. The van der Waals surface area contributed by atoms with Crippen LogP contribution in [0.15, 0.2) is 30.3 Å². The summed E-state index contributed by atoms with van der Waals surface area (Å²) in [6, 6.07) is 9.87. The molecule has 1 aliphatic heterocycles. The van der Waals surface area contributed by atoms with Crippen molar-refractivity contribution in [2.75, 3.05) is 20.1 Å². The Bertz CT molecular complexity index is 407. The lowest BCUT2D eigenvalue weighted by Gasteiger charge is -2.27. The van der Waals surface area contributed by atoms with Crippen LogP contribution in [0.1, 0.15) is 18.4 Å². The van der Waals surface area contributed by atoms with Gasteiger partial charge >= 0.3 is 5.97 Å². The molecule has 1 aliphatic rings. The van der Waals surface area contributed by atoms with Crippen LogP contribution in [-0.2, 0) is 16.1 Å². The van der Waals surface area contributed by atoms with Gasteiger partial charge in [0.15, 0.2) is 0 Å². The SMILES string of the molecule is CN1CCC(CC(=O)O)(OCc2ccccc2)C1. The number of carboxylic acids is 1. The highest BCUT2D eigenvalue weighted by atomic mass is 16.5. The number of benzene rings is 1. The molecule has 0 aromatic heterocycles. The number of likely N-dealkylation sites (tertiary alicyclic amines) is 1. The van der Waals surface area contributed by atoms with Crippen molar-refractivity contribution >= 4 is 5.97 Å². The van der Waals surface area contributed by atoms with Crippen LogP contribution in [0.5, 0.6) is 0 Å². The van der Waals surface area contributed by atoms with E-state index in [0.717, 1.165) is 18.5 Å². The Kier molecular flexibility index (Phi) is 3.99. The van der Waals surface area contributed by atoms with Gasteiger partial charge in [-0.15, -0.1) is 0 Å². The van der Waals surface area contributed by atoms with Gasteiger partial charge in [-0.05, 0) is 19.0 Å². The number of aliphatic carboxylic acids is 1. The van der Waals surface area contributed by atoms with Gasteiger partial charge in [-0.3, -0.25) is 4.79 Å². The Labute approximate surface area is 107 Å². The number of carboxylic acid groups (broad SMARTS) is 1. The number of ether oxygens (including phenoxy) is 1. The van der Waals surface area contributed by atoms with Crippen molar-refractivity contribution in [1.29, 1.82) is 0 Å². The van der Waals surface area contributed by atoms with Gasteiger partial charge < -0.3 is 14.7 Å². The van der Waals surface area contributed by atoms with Crippen LogP contribution >= 0.6 is 0 Å². The topological polar surface area (TPSA) is 49.8 Å². The summed E-state index contributed by atoms with van der Waals surface area (Å²) in [4.78, 5) is 13.1. The number of rotatable bonds is 5. The van der Waals surface area contributed by atoms with Crippen molar-refractivity contribution in [2.45, 2.75) is 25.0 Å².